The molecule has 0 heterocycles. The number of anilines is 1. The number of carboxylic acid groups (broad SMARTS) is 1. The molecule has 3 N–H and O–H groups in total. The number of hydrogen-bond acceptors (Lipinski definition) is 3. The van der Waals surface area contributed by atoms with E-state index in [4.69, 9.17) is 10.8 Å². The fraction of sp³-hybridized carbons (Fsp3) is 0.182. The summed E-state index contributed by atoms with van der Waals surface area (Å²) in [6, 6.07) is 4.70. The van der Waals surface area contributed by atoms with Crippen molar-refractivity contribution in [3.8, 4) is 0 Å². The Hall–Kier alpha value is -1.42. The predicted octanol–water partition coefficient (Wildman–Crippen LogP) is 2.30. The second-order valence-electron chi connectivity index (χ2n) is 3.06. The van der Waals surface area contributed by atoms with Crippen LogP contribution in [0.25, 0.3) is 6.08 Å². The first-order chi connectivity index (χ1) is 7.15. The van der Waals surface area contributed by atoms with Gasteiger partial charge in [0.25, 0.3) is 0 Å². The highest BCUT2D eigenvalue weighted by Crippen LogP contribution is 2.16. The van der Waals surface area contributed by atoms with Crippen LogP contribution in [-0.2, 0) is 0 Å². The van der Waals surface area contributed by atoms with Crippen LogP contribution in [-0.4, -0.2) is 16.8 Å². The average Bonchev–Trinajstić information content (AvgIpc) is 2.20. The number of nitrogens with two attached hydrogens (primary N) is 1. The van der Waals surface area contributed by atoms with E-state index in [2.05, 4.69) is 12.6 Å². The number of carboxylic acids is 1. The standard InChI is InChI=1S/C11H13NO2S/c12-10-7-9(11(13)14)5-4-8(10)3-1-2-6-15/h1,3-5,7,15H,2,6,12H2,(H,13,14). The molecule has 0 saturated heterocycles. The van der Waals surface area contributed by atoms with E-state index < -0.39 is 5.97 Å². The largest absolute Gasteiger partial charge is 0.478 e. The normalized spacial score (nSPS) is 10.7. The molecule has 0 radical (unpaired) electrons. The molecular formula is C11H13NO2S. The Kier molecular flexibility index (Phi) is 4.24. The van der Waals surface area contributed by atoms with Gasteiger partial charge in [-0.15, -0.1) is 0 Å². The van der Waals surface area contributed by atoms with Crippen molar-refractivity contribution in [2.45, 2.75) is 6.42 Å². The summed E-state index contributed by atoms with van der Waals surface area (Å²) in [6.45, 7) is 0. The predicted molar refractivity (Wildman–Crippen MR) is 65.3 cm³/mol. The maximum Gasteiger partial charge on any atom is 0.335 e. The van der Waals surface area contributed by atoms with Crippen molar-refractivity contribution in [1.29, 1.82) is 0 Å². The number of aromatic carboxylic acids is 1. The summed E-state index contributed by atoms with van der Waals surface area (Å²) in [7, 11) is 0. The van der Waals surface area contributed by atoms with E-state index in [1.807, 2.05) is 12.2 Å². The van der Waals surface area contributed by atoms with Gasteiger partial charge >= 0.3 is 5.97 Å². The highest BCUT2D eigenvalue weighted by molar-refractivity contribution is 7.80. The minimum atomic E-state index is -0.965. The monoisotopic (exact) mass is 223 g/mol. The van der Waals surface area contributed by atoms with Crippen LogP contribution in [0.4, 0.5) is 5.69 Å². The zero-order valence-electron chi connectivity index (χ0n) is 8.18. The topological polar surface area (TPSA) is 63.3 Å². The van der Waals surface area contributed by atoms with Crippen LogP contribution in [0.3, 0.4) is 0 Å². The minimum absolute atomic E-state index is 0.207. The van der Waals surface area contributed by atoms with Gasteiger partial charge in [-0.3, -0.25) is 0 Å². The number of allylic oxidation sites excluding steroid dienone is 1. The maximum atomic E-state index is 10.6. The van der Waals surface area contributed by atoms with Crippen molar-refractivity contribution in [1.82, 2.24) is 0 Å². The van der Waals surface area contributed by atoms with Crippen LogP contribution in [0.1, 0.15) is 22.3 Å². The lowest BCUT2D eigenvalue weighted by molar-refractivity contribution is 0.0697. The lowest BCUT2D eigenvalue weighted by atomic mass is 10.1. The molecule has 80 valence electrons. The zero-order valence-corrected chi connectivity index (χ0v) is 9.08. The van der Waals surface area contributed by atoms with Gasteiger partial charge in [-0.2, -0.15) is 12.6 Å². The van der Waals surface area contributed by atoms with Crippen molar-refractivity contribution >= 4 is 30.4 Å². The summed E-state index contributed by atoms with van der Waals surface area (Å²) in [5.41, 5.74) is 7.23. The van der Waals surface area contributed by atoms with Crippen LogP contribution in [0, 0.1) is 0 Å². The quantitative estimate of drug-likeness (QED) is 0.542. The second kappa shape index (κ2) is 5.46. The third-order valence-corrected chi connectivity index (χ3v) is 2.19. The van der Waals surface area contributed by atoms with Crippen molar-refractivity contribution in [3.63, 3.8) is 0 Å². The van der Waals surface area contributed by atoms with Gasteiger partial charge in [0.1, 0.15) is 0 Å². The molecule has 15 heavy (non-hydrogen) atoms. The lowest BCUT2D eigenvalue weighted by Gasteiger charge is -2.01. The highest BCUT2D eigenvalue weighted by atomic mass is 32.1. The van der Waals surface area contributed by atoms with Crippen molar-refractivity contribution in [2.24, 2.45) is 0 Å². The highest BCUT2D eigenvalue weighted by Gasteiger charge is 2.03. The van der Waals surface area contributed by atoms with E-state index in [1.54, 1.807) is 12.1 Å². The van der Waals surface area contributed by atoms with Gasteiger partial charge in [-0.1, -0.05) is 18.2 Å². The first-order valence-electron chi connectivity index (χ1n) is 4.55. The van der Waals surface area contributed by atoms with E-state index in [1.165, 1.54) is 6.07 Å². The smallest absolute Gasteiger partial charge is 0.335 e. The third-order valence-electron chi connectivity index (χ3n) is 1.93. The molecule has 1 aromatic carbocycles. The third kappa shape index (κ3) is 3.32. The molecule has 0 aromatic heterocycles. The van der Waals surface area contributed by atoms with Crippen LogP contribution in [0.2, 0.25) is 0 Å². The molecule has 0 atom stereocenters. The molecule has 3 nitrogen and oxygen atoms in total. The molecule has 1 rings (SSSR count). The Balaban J connectivity index is 2.88. The van der Waals surface area contributed by atoms with Gasteiger partial charge in [0.05, 0.1) is 5.56 Å². The number of thiol groups is 1. The molecule has 0 amide bonds. The Morgan fingerprint density at radius 2 is 2.27 bits per heavy atom. The van der Waals surface area contributed by atoms with Crippen LogP contribution >= 0.6 is 12.6 Å². The fourth-order valence-corrected chi connectivity index (χ4v) is 1.29. The first-order valence-corrected chi connectivity index (χ1v) is 5.18. The fourth-order valence-electron chi connectivity index (χ4n) is 1.14. The minimum Gasteiger partial charge on any atom is -0.478 e. The number of carbonyl (C=O) groups is 1. The molecule has 0 spiro atoms. The number of hydrogen-bond donors (Lipinski definition) is 3. The SMILES string of the molecule is Nc1cc(C(=O)O)ccc1C=CCCS. The molecule has 0 saturated carbocycles. The van der Waals surface area contributed by atoms with Crippen molar-refractivity contribution in [2.75, 3.05) is 11.5 Å². The number of rotatable bonds is 4. The molecule has 0 bridgehead atoms. The van der Waals surface area contributed by atoms with Crippen molar-refractivity contribution < 1.29 is 9.90 Å². The summed E-state index contributed by atoms with van der Waals surface area (Å²) >= 11 is 4.08. The molecule has 0 aliphatic carbocycles. The molecule has 0 unspecified atom stereocenters. The average molecular weight is 223 g/mol. The Labute approximate surface area is 94.0 Å². The molecule has 0 fully saturated rings. The van der Waals surface area contributed by atoms with Crippen LogP contribution < -0.4 is 5.73 Å². The van der Waals surface area contributed by atoms with Gasteiger partial charge in [0, 0.05) is 5.69 Å². The van der Waals surface area contributed by atoms with E-state index in [0.717, 1.165) is 17.7 Å². The molecule has 4 heteroatoms. The second-order valence-corrected chi connectivity index (χ2v) is 3.51. The number of nitrogen functional groups attached to an aromatic ring is 1. The summed E-state index contributed by atoms with van der Waals surface area (Å²) in [4.78, 5) is 10.6. The Bertz CT molecular complexity index is 388. The number of benzene rings is 1. The van der Waals surface area contributed by atoms with Crippen LogP contribution in [0.5, 0.6) is 0 Å². The van der Waals surface area contributed by atoms with Gasteiger partial charge in [-0.05, 0) is 29.9 Å². The van der Waals surface area contributed by atoms with E-state index in [9.17, 15) is 4.79 Å². The Morgan fingerprint density at radius 3 is 2.80 bits per heavy atom. The summed E-state index contributed by atoms with van der Waals surface area (Å²) in [5, 5.41) is 8.73. The van der Waals surface area contributed by atoms with Gasteiger partial charge in [0.15, 0.2) is 0 Å². The first kappa shape index (κ1) is 11.7. The van der Waals surface area contributed by atoms with Gasteiger partial charge in [-0.25, -0.2) is 4.79 Å². The van der Waals surface area contributed by atoms with Gasteiger partial charge < -0.3 is 10.8 Å². The van der Waals surface area contributed by atoms with E-state index >= 15 is 0 Å². The summed E-state index contributed by atoms with van der Waals surface area (Å²) in [5.74, 6) is -0.184. The van der Waals surface area contributed by atoms with Crippen molar-refractivity contribution in [3.05, 3.63) is 35.4 Å². The van der Waals surface area contributed by atoms with Crippen LogP contribution in [0.15, 0.2) is 24.3 Å². The molecule has 1 aromatic rings. The van der Waals surface area contributed by atoms with E-state index in [-0.39, 0.29) is 5.56 Å². The summed E-state index contributed by atoms with van der Waals surface area (Å²) < 4.78 is 0. The lowest BCUT2D eigenvalue weighted by Crippen LogP contribution is -1.98. The molecule has 0 aliphatic heterocycles. The summed E-state index contributed by atoms with van der Waals surface area (Å²) in [6.07, 6.45) is 4.69. The maximum absolute atomic E-state index is 10.6. The Morgan fingerprint density at radius 1 is 1.53 bits per heavy atom. The van der Waals surface area contributed by atoms with E-state index in [0.29, 0.717) is 5.69 Å². The zero-order chi connectivity index (χ0) is 11.3. The van der Waals surface area contributed by atoms with Gasteiger partial charge in [0.2, 0.25) is 0 Å². The molecular weight excluding hydrogens is 210 g/mol. The molecule has 0 aliphatic rings.